The van der Waals surface area contributed by atoms with Crippen molar-refractivity contribution >= 4 is 44.0 Å². The van der Waals surface area contributed by atoms with Crippen LogP contribution in [0, 0.1) is 0 Å². The van der Waals surface area contributed by atoms with E-state index in [-0.39, 0.29) is 5.41 Å². The summed E-state index contributed by atoms with van der Waals surface area (Å²) in [5.41, 5.74) is 15.6. The molecule has 38 heavy (non-hydrogen) atoms. The molecule has 0 unspecified atom stereocenters. The van der Waals surface area contributed by atoms with Gasteiger partial charge in [0.2, 0.25) is 0 Å². The van der Waals surface area contributed by atoms with Crippen molar-refractivity contribution in [2.24, 2.45) is 0 Å². The summed E-state index contributed by atoms with van der Waals surface area (Å²) in [6.45, 7) is 4.74. The fourth-order valence-electron chi connectivity index (χ4n) is 7.37. The van der Waals surface area contributed by atoms with Crippen molar-refractivity contribution in [3.05, 3.63) is 151 Å². The molecule has 0 saturated heterocycles. The maximum Gasteiger partial charge on any atom is 0.0726 e. The van der Waals surface area contributed by atoms with Gasteiger partial charge in [-0.25, -0.2) is 0 Å². The SMILES string of the molecule is CC1(C)c2ccccc2-c2cc3c(cc21)-c1ccccc1C31c2cc(Br)ccc2C=Cc2ccc(Br)cc21. The fourth-order valence-corrected chi connectivity index (χ4v) is 8.10. The van der Waals surface area contributed by atoms with Crippen molar-refractivity contribution in [2.75, 3.05) is 0 Å². The molecule has 0 N–H and O–H groups in total. The number of halogens is 2. The van der Waals surface area contributed by atoms with Gasteiger partial charge in [-0.3, -0.25) is 0 Å². The van der Waals surface area contributed by atoms with Crippen molar-refractivity contribution < 1.29 is 0 Å². The summed E-state index contributed by atoms with van der Waals surface area (Å²) < 4.78 is 2.20. The molecule has 0 saturated carbocycles. The lowest BCUT2D eigenvalue weighted by Gasteiger charge is -2.36. The van der Waals surface area contributed by atoms with Crippen LogP contribution in [0.2, 0.25) is 0 Å². The highest BCUT2D eigenvalue weighted by atomic mass is 79.9. The van der Waals surface area contributed by atoms with Gasteiger partial charge in [-0.2, -0.15) is 0 Å². The largest absolute Gasteiger partial charge is 0.0726 e. The van der Waals surface area contributed by atoms with Gasteiger partial charge >= 0.3 is 0 Å². The highest BCUT2D eigenvalue weighted by molar-refractivity contribution is 9.10. The average molecular weight is 616 g/mol. The third-order valence-electron chi connectivity index (χ3n) is 9.03. The van der Waals surface area contributed by atoms with Crippen LogP contribution >= 0.6 is 31.9 Å². The Bertz CT molecular complexity index is 1820. The Morgan fingerprint density at radius 2 is 0.947 bits per heavy atom. The molecular weight excluding hydrogens is 592 g/mol. The number of benzene rings is 5. The first-order chi connectivity index (χ1) is 18.4. The first-order valence-corrected chi connectivity index (χ1v) is 14.7. The molecule has 0 aliphatic heterocycles. The van der Waals surface area contributed by atoms with Crippen molar-refractivity contribution in [3.8, 4) is 22.3 Å². The summed E-state index contributed by atoms with van der Waals surface area (Å²) in [6, 6.07) is 36.6. The van der Waals surface area contributed by atoms with E-state index in [0.29, 0.717) is 0 Å². The van der Waals surface area contributed by atoms with Crippen LogP contribution in [0.25, 0.3) is 34.4 Å². The van der Waals surface area contributed by atoms with Crippen LogP contribution in [0.3, 0.4) is 0 Å². The molecule has 0 amide bonds. The van der Waals surface area contributed by atoms with E-state index in [0.717, 1.165) is 8.95 Å². The Kier molecular flexibility index (Phi) is 4.60. The van der Waals surface area contributed by atoms with Gasteiger partial charge in [-0.05, 0) is 103 Å². The third kappa shape index (κ3) is 2.75. The Labute approximate surface area is 240 Å². The highest BCUT2D eigenvalue weighted by Gasteiger charge is 2.50. The molecule has 0 radical (unpaired) electrons. The molecule has 3 aliphatic rings. The van der Waals surface area contributed by atoms with Crippen LogP contribution in [0.4, 0.5) is 0 Å². The number of rotatable bonds is 0. The second kappa shape index (κ2) is 7.68. The zero-order chi connectivity index (χ0) is 25.8. The maximum atomic E-state index is 3.83. The van der Waals surface area contributed by atoms with E-state index >= 15 is 0 Å². The molecule has 8 rings (SSSR count). The fraction of sp³-hybridized carbons (Fsp3) is 0.111. The van der Waals surface area contributed by atoms with E-state index in [1.165, 1.54) is 66.8 Å². The van der Waals surface area contributed by atoms with Gasteiger partial charge in [0.05, 0.1) is 5.41 Å². The van der Waals surface area contributed by atoms with Crippen molar-refractivity contribution in [1.82, 2.24) is 0 Å². The molecule has 0 bridgehead atoms. The second-order valence-electron chi connectivity index (χ2n) is 11.2. The Morgan fingerprint density at radius 3 is 1.58 bits per heavy atom. The highest BCUT2D eigenvalue weighted by Crippen LogP contribution is 2.61. The first kappa shape index (κ1) is 22.8. The van der Waals surface area contributed by atoms with E-state index in [2.05, 4.69) is 155 Å². The van der Waals surface area contributed by atoms with Crippen LogP contribution in [-0.2, 0) is 10.8 Å². The summed E-state index contributed by atoms with van der Waals surface area (Å²) in [5.74, 6) is 0. The minimum atomic E-state index is -0.440. The molecular formula is C36H24Br2. The molecule has 182 valence electrons. The van der Waals surface area contributed by atoms with Gasteiger partial charge in [-0.1, -0.05) is 119 Å². The van der Waals surface area contributed by atoms with Crippen molar-refractivity contribution in [3.63, 3.8) is 0 Å². The standard InChI is InChI=1S/C36H24Br2/c1-35(2)29-9-5-3-7-25(29)27-20-34-28(19-33(27)35)26-8-4-6-10-30(26)36(34)31-17-23(37)15-13-21(31)11-12-22-14-16-24(38)18-32(22)36/h3-20H,1-2H3. The normalized spacial score (nSPS) is 16.2. The van der Waals surface area contributed by atoms with Gasteiger partial charge in [0.1, 0.15) is 0 Å². The molecule has 0 fully saturated rings. The molecule has 0 nitrogen and oxygen atoms in total. The lowest BCUT2D eigenvalue weighted by Crippen LogP contribution is -2.30. The van der Waals surface area contributed by atoms with E-state index < -0.39 is 5.41 Å². The maximum absolute atomic E-state index is 3.83. The zero-order valence-corrected chi connectivity index (χ0v) is 24.3. The first-order valence-electron chi connectivity index (χ1n) is 13.1. The Balaban J connectivity index is 1.59. The van der Waals surface area contributed by atoms with Gasteiger partial charge in [-0.15, -0.1) is 0 Å². The van der Waals surface area contributed by atoms with Crippen LogP contribution in [0.15, 0.2) is 106 Å². The van der Waals surface area contributed by atoms with Crippen molar-refractivity contribution in [2.45, 2.75) is 24.7 Å². The van der Waals surface area contributed by atoms with Gasteiger partial charge in [0.25, 0.3) is 0 Å². The number of hydrogen-bond donors (Lipinski definition) is 0. The molecule has 1 spiro atoms. The number of fused-ring (bicyclic) bond motifs is 12. The van der Waals surface area contributed by atoms with Gasteiger partial charge in [0, 0.05) is 14.4 Å². The third-order valence-corrected chi connectivity index (χ3v) is 10.0. The van der Waals surface area contributed by atoms with E-state index in [4.69, 9.17) is 0 Å². The Hall–Kier alpha value is -3.20. The molecule has 0 atom stereocenters. The Morgan fingerprint density at radius 1 is 0.447 bits per heavy atom. The van der Waals surface area contributed by atoms with E-state index in [9.17, 15) is 0 Å². The van der Waals surface area contributed by atoms with Gasteiger partial charge in [0.15, 0.2) is 0 Å². The second-order valence-corrected chi connectivity index (χ2v) is 13.0. The molecule has 3 aliphatic carbocycles. The number of hydrogen-bond acceptors (Lipinski definition) is 0. The lowest BCUT2D eigenvalue weighted by molar-refractivity contribution is 0.660. The van der Waals surface area contributed by atoms with Gasteiger partial charge < -0.3 is 0 Å². The summed E-state index contributed by atoms with van der Waals surface area (Å²) >= 11 is 7.67. The minimum Gasteiger partial charge on any atom is -0.0619 e. The van der Waals surface area contributed by atoms with Crippen LogP contribution < -0.4 is 0 Å². The van der Waals surface area contributed by atoms with E-state index in [1.54, 1.807) is 0 Å². The molecule has 0 heterocycles. The molecule has 2 heteroatoms. The van der Waals surface area contributed by atoms with E-state index in [1.807, 2.05) is 0 Å². The molecule has 0 aromatic heterocycles. The average Bonchev–Trinajstić information content (AvgIpc) is 3.27. The quantitative estimate of drug-likeness (QED) is 0.159. The summed E-state index contributed by atoms with van der Waals surface area (Å²) in [5, 5.41) is 0. The van der Waals surface area contributed by atoms with Crippen molar-refractivity contribution in [1.29, 1.82) is 0 Å². The monoisotopic (exact) mass is 614 g/mol. The summed E-state index contributed by atoms with van der Waals surface area (Å²) in [6.07, 6.45) is 4.57. The lowest BCUT2D eigenvalue weighted by atomic mass is 9.65. The molecule has 5 aromatic carbocycles. The minimum absolute atomic E-state index is 0.0431. The predicted octanol–water partition coefficient (Wildman–Crippen LogP) is 10.4. The summed E-state index contributed by atoms with van der Waals surface area (Å²) in [4.78, 5) is 0. The predicted molar refractivity (Wildman–Crippen MR) is 166 cm³/mol. The van der Waals surface area contributed by atoms with Crippen LogP contribution in [0.1, 0.15) is 58.4 Å². The summed E-state index contributed by atoms with van der Waals surface area (Å²) in [7, 11) is 0. The van der Waals surface area contributed by atoms with Crippen LogP contribution in [-0.4, -0.2) is 0 Å². The topological polar surface area (TPSA) is 0 Å². The molecule has 5 aromatic rings. The van der Waals surface area contributed by atoms with Crippen LogP contribution in [0.5, 0.6) is 0 Å². The zero-order valence-electron chi connectivity index (χ0n) is 21.1. The smallest absolute Gasteiger partial charge is 0.0619 e.